The monoisotopic (exact) mass is 465 g/mol. The van der Waals surface area contributed by atoms with Crippen LogP contribution in [0.5, 0.6) is 0 Å². The number of furan rings is 1. The summed E-state index contributed by atoms with van der Waals surface area (Å²) in [5.74, 6) is 0.377. The van der Waals surface area contributed by atoms with Gasteiger partial charge in [0.2, 0.25) is 5.91 Å². The van der Waals surface area contributed by atoms with Gasteiger partial charge in [-0.15, -0.1) is 0 Å². The van der Waals surface area contributed by atoms with Crippen LogP contribution in [0.4, 0.5) is 0 Å². The van der Waals surface area contributed by atoms with Crippen molar-refractivity contribution < 1.29 is 14.0 Å². The number of nitrogens with one attached hydrogen (secondary N) is 1. The van der Waals surface area contributed by atoms with Crippen LogP contribution < -0.4 is 5.32 Å². The Bertz CT molecular complexity index is 1160. The third-order valence-electron chi connectivity index (χ3n) is 6.94. The van der Waals surface area contributed by atoms with Gasteiger partial charge in [-0.1, -0.05) is 43.0 Å². The standard InChI is InChI=1S/C26H28ClN3O3/c1-26(25(32)28-20-9-3-2-4-10-20)17-29-21(23-11-6-14-33-23)12-13-22(29)24(31)30(26)16-18-7-5-8-19(27)15-18/h5-8,11-15,20H,2-4,9-10,16-17H2,1H3,(H,28,32). The molecule has 2 amide bonds. The van der Waals surface area contributed by atoms with E-state index in [2.05, 4.69) is 5.32 Å². The minimum Gasteiger partial charge on any atom is -0.463 e. The zero-order valence-corrected chi connectivity index (χ0v) is 19.5. The summed E-state index contributed by atoms with van der Waals surface area (Å²) in [6, 6.07) is 15.0. The van der Waals surface area contributed by atoms with Gasteiger partial charge in [0.25, 0.3) is 5.91 Å². The fourth-order valence-electron chi connectivity index (χ4n) is 5.07. The van der Waals surface area contributed by atoms with Crippen LogP contribution >= 0.6 is 11.6 Å². The molecule has 1 atom stereocenters. The molecular formula is C26H28ClN3O3. The first-order valence-electron chi connectivity index (χ1n) is 11.6. The number of aromatic nitrogens is 1. The fraction of sp³-hybridized carbons (Fsp3) is 0.385. The maximum atomic E-state index is 13.8. The van der Waals surface area contributed by atoms with Crippen LogP contribution in [-0.4, -0.2) is 32.9 Å². The Labute approximate surface area is 198 Å². The fourth-order valence-corrected chi connectivity index (χ4v) is 5.28. The number of hydrogen-bond acceptors (Lipinski definition) is 3. The molecule has 1 N–H and O–H groups in total. The molecule has 3 aromatic rings. The maximum absolute atomic E-state index is 13.8. The number of carbonyl (C=O) groups excluding carboxylic acids is 2. The quantitative estimate of drug-likeness (QED) is 0.558. The van der Waals surface area contributed by atoms with E-state index in [9.17, 15) is 9.59 Å². The molecular weight excluding hydrogens is 438 g/mol. The second-order valence-electron chi connectivity index (χ2n) is 9.27. The number of rotatable bonds is 5. The van der Waals surface area contributed by atoms with Crippen LogP contribution in [0.1, 0.15) is 55.1 Å². The third-order valence-corrected chi connectivity index (χ3v) is 7.17. The maximum Gasteiger partial charge on any atom is 0.271 e. The minimum atomic E-state index is -1.07. The van der Waals surface area contributed by atoms with Crippen molar-refractivity contribution in [2.24, 2.45) is 0 Å². The van der Waals surface area contributed by atoms with Crippen molar-refractivity contribution in [3.63, 3.8) is 0 Å². The van der Waals surface area contributed by atoms with E-state index in [4.69, 9.17) is 16.0 Å². The predicted octanol–water partition coefficient (Wildman–Crippen LogP) is 5.27. The summed E-state index contributed by atoms with van der Waals surface area (Å²) < 4.78 is 7.52. The second kappa shape index (κ2) is 8.75. The lowest BCUT2D eigenvalue weighted by molar-refractivity contribution is -0.134. The summed E-state index contributed by atoms with van der Waals surface area (Å²) in [5.41, 5.74) is 1.16. The molecule has 0 bridgehead atoms. The molecule has 5 rings (SSSR count). The van der Waals surface area contributed by atoms with Crippen molar-refractivity contribution in [1.29, 1.82) is 0 Å². The average Bonchev–Trinajstić information content (AvgIpc) is 3.47. The van der Waals surface area contributed by atoms with E-state index in [-0.39, 0.29) is 17.9 Å². The molecule has 2 aromatic heterocycles. The highest BCUT2D eigenvalue weighted by Gasteiger charge is 2.48. The van der Waals surface area contributed by atoms with E-state index < -0.39 is 5.54 Å². The molecule has 2 aliphatic rings. The second-order valence-corrected chi connectivity index (χ2v) is 9.71. The number of carbonyl (C=O) groups is 2. The molecule has 7 heteroatoms. The zero-order chi connectivity index (χ0) is 23.0. The van der Waals surface area contributed by atoms with Crippen molar-refractivity contribution >= 4 is 23.4 Å². The topological polar surface area (TPSA) is 67.5 Å². The van der Waals surface area contributed by atoms with Crippen LogP contribution in [0.15, 0.2) is 59.2 Å². The molecule has 6 nitrogen and oxygen atoms in total. The lowest BCUT2D eigenvalue weighted by atomic mass is 9.91. The average molecular weight is 466 g/mol. The summed E-state index contributed by atoms with van der Waals surface area (Å²) in [4.78, 5) is 29.2. The van der Waals surface area contributed by atoms with Gasteiger partial charge < -0.3 is 19.2 Å². The Hall–Kier alpha value is -2.99. The van der Waals surface area contributed by atoms with E-state index in [1.165, 1.54) is 6.42 Å². The lowest BCUT2D eigenvalue weighted by Crippen LogP contribution is -2.64. The Morgan fingerprint density at radius 2 is 1.91 bits per heavy atom. The first-order valence-corrected chi connectivity index (χ1v) is 11.9. The van der Waals surface area contributed by atoms with E-state index in [1.54, 1.807) is 17.2 Å². The highest BCUT2D eigenvalue weighted by Crippen LogP contribution is 2.35. The van der Waals surface area contributed by atoms with Crippen molar-refractivity contribution in [3.05, 3.63) is 71.1 Å². The summed E-state index contributed by atoms with van der Waals surface area (Å²) in [7, 11) is 0. The number of benzene rings is 1. The van der Waals surface area contributed by atoms with E-state index in [1.807, 2.05) is 54.0 Å². The van der Waals surface area contributed by atoms with Crippen LogP contribution in [0.3, 0.4) is 0 Å². The Kier molecular flexibility index (Phi) is 5.79. The lowest BCUT2D eigenvalue weighted by Gasteiger charge is -2.45. The van der Waals surface area contributed by atoms with E-state index in [0.29, 0.717) is 29.6 Å². The van der Waals surface area contributed by atoms with Crippen LogP contribution in [0.2, 0.25) is 5.02 Å². The molecule has 1 fully saturated rings. The Morgan fingerprint density at radius 1 is 1.12 bits per heavy atom. The molecule has 172 valence electrons. The van der Waals surface area contributed by atoms with Crippen molar-refractivity contribution in [2.75, 3.05) is 0 Å². The smallest absolute Gasteiger partial charge is 0.271 e. The first kappa shape index (κ1) is 21.8. The van der Waals surface area contributed by atoms with Gasteiger partial charge in [-0.2, -0.15) is 0 Å². The van der Waals surface area contributed by atoms with Crippen LogP contribution in [0, 0.1) is 0 Å². The normalized spacial score (nSPS) is 21.2. The zero-order valence-electron chi connectivity index (χ0n) is 18.7. The van der Waals surface area contributed by atoms with Crippen molar-refractivity contribution in [1.82, 2.24) is 14.8 Å². The molecule has 33 heavy (non-hydrogen) atoms. The van der Waals surface area contributed by atoms with Crippen molar-refractivity contribution in [3.8, 4) is 11.5 Å². The number of hydrogen-bond donors (Lipinski definition) is 1. The molecule has 1 unspecified atom stereocenters. The largest absolute Gasteiger partial charge is 0.463 e. The summed E-state index contributed by atoms with van der Waals surface area (Å²) in [6.07, 6.45) is 7.03. The number of nitrogens with zero attached hydrogens (tertiary/aromatic N) is 2. The van der Waals surface area contributed by atoms with Gasteiger partial charge in [-0.25, -0.2) is 0 Å². The highest BCUT2D eigenvalue weighted by molar-refractivity contribution is 6.30. The van der Waals surface area contributed by atoms with Crippen molar-refractivity contribution in [2.45, 2.75) is 63.7 Å². The minimum absolute atomic E-state index is 0.116. The predicted molar refractivity (Wildman–Crippen MR) is 127 cm³/mol. The SMILES string of the molecule is CC1(C(=O)NC2CCCCC2)Cn2c(ccc2-c2ccco2)C(=O)N1Cc1cccc(Cl)c1. The molecule has 1 aliphatic heterocycles. The molecule has 1 aromatic carbocycles. The molecule has 1 saturated carbocycles. The Balaban J connectivity index is 1.53. The van der Waals surface area contributed by atoms with Crippen LogP contribution in [-0.2, 0) is 17.9 Å². The summed E-state index contributed by atoms with van der Waals surface area (Å²) in [5, 5.41) is 3.86. The van der Waals surface area contributed by atoms with E-state index >= 15 is 0 Å². The molecule has 0 saturated heterocycles. The summed E-state index contributed by atoms with van der Waals surface area (Å²) in [6.45, 7) is 2.51. The van der Waals surface area contributed by atoms with Gasteiger partial charge in [-0.3, -0.25) is 9.59 Å². The van der Waals surface area contributed by atoms with Gasteiger partial charge in [0.05, 0.1) is 18.5 Å². The molecule has 0 spiro atoms. The van der Waals surface area contributed by atoms with Gasteiger partial charge >= 0.3 is 0 Å². The van der Waals surface area contributed by atoms with Gasteiger partial charge in [0.15, 0.2) is 0 Å². The summed E-state index contributed by atoms with van der Waals surface area (Å²) >= 11 is 6.21. The Morgan fingerprint density at radius 3 is 2.64 bits per heavy atom. The first-order chi connectivity index (χ1) is 16.0. The molecule has 0 radical (unpaired) electrons. The van der Waals surface area contributed by atoms with Gasteiger partial charge in [-0.05, 0) is 61.7 Å². The molecule has 1 aliphatic carbocycles. The third kappa shape index (κ3) is 4.08. The highest BCUT2D eigenvalue weighted by atomic mass is 35.5. The number of halogens is 1. The van der Waals surface area contributed by atoms with E-state index in [0.717, 1.165) is 36.9 Å². The van der Waals surface area contributed by atoms with Crippen LogP contribution in [0.25, 0.3) is 11.5 Å². The number of fused-ring (bicyclic) bond motifs is 1. The molecule has 3 heterocycles. The number of amides is 2. The van der Waals surface area contributed by atoms with Gasteiger partial charge in [0.1, 0.15) is 17.0 Å². The van der Waals surface area contributed by atoms with Gasteiger partial charge in [0, 0.05) is 17.6 Å².